The average molecular weight is 281 g/mol. The summed E-state index contributed by atoms with van der Waals surface area (Å²) in [4.78, 5) is 10.9. The van der Waals surface area contributed by atoms with Gasteiger partial charge in [0.25, 0.3) is 0 Å². The maximum Gasteiger partial charge on any atom is 0.242 e. The quantitative estimate of drug-likeness (QED) is 0.677. The molecule has 0 bridgehead atoms. The molecule has 0 radical (unpaired) electrons. The zero-order valence-corrected chi connectivity index (χ0v) is 11.0. The Bertz CT molecular complexity index is 624. The fourth-order valence-corrected chi connectivity index (χ4v) is 2.87. The van der Waals surface area contributed by atoms with Crippen molar-refractivity contribution in [1.82, 2.24) is 19.7 Å². The molecule has 0 aliphatic carbocycles. The molecule has 0 aromatic carbocycles. The topological polar surface area (TPSA) is 114 Å². The number of nitrogens with two attached hydrogens (primary N) is 1. The van der Waals surface area contributed by atoms with Crippen LogP contribution in [0.3, 0.4) is 0 Å². The van der Waals surface area contributed by atoms with Crippen molar-refractivity contribution < 1.29 is 8.42 Å². The molecule has 2 aromatic rings. The van der Waals surface area contributed by atoms with Gasteiger partial charge >= 0.3 is 0 Å². The summed E-state index contributed by atoms with van der Waals surface area (Å²) in [6.45, 7) is 0.362. The summed E-state index contributed by atoms with van der Waals surface area (Å²) in [6, 6.07) is 3.07. The van der Waals surface area contributed by atoms with Crippen LogP contribution in [-0.4, -0.2) is 29.9 Å². The molecular formula is C11H15N5O2S. The second-order valence-electron chi connectivity index (χ2n) is 3.88. The van der Waals surface area contributed by atoms with E-state index in [1.54, 1.807) is 18.6 Å². The smallest absolute Gasteiger partial charge is 0.242 e. The molecule has 7 nitrogen and oxygen atoms in total. The highest BCUT2D eigenvalue weighted by Crippen LogP contribution is 2.11. The van der Waals surface area contributed by atoms with Crippen LogP contribution in [0.4, 0.5) is 0 Å². The molecule has 0 amide bonds. The Kier molecular flexibility index (Phi) is 4.25. The van der Waals surface area contributed by atoms with Crippen LogP contribution in [0.1, 0.15) is 11.4 Å². The molecule has 102 valence electrons. The van der Waals surface area contributed by atoms with Crippen LogP contribution in [0.25, 0.3) is 0 Å². The summed E-state index contributed by atoms with van der Waals surface area (Å²) in [5.74, 6) is 0. The van der Waals surface area contributed by atoms with Gasteiger partial charge in [0.15, 0.2) is 0 Å². The highest BCUT2D eigenvalue weighted by atomic mass is 32.2. The van der Waals surface area contributed by atoms with Crippen molar-refractivity contribution in [3.05, 3.63) is 42.2 Å². The Morgan fingerprint density at radius 1 is 1.42 bits per heavy atom. The number of rotatable bonds is 6. The number of nitrogens with one attached hydrogen (secondary N) is 2. The average Bonchev–Trinajstić information content (AvgIpc) is 2.91. The van der Waals surface area contributed by atoms with Gasteiger partial charge in [0, 0.05) is 37.6 Å². The molecule has 0 saturated heterocycles. The first kappa shape index (κ1) is 13.7. The van der Waals surface area contributed by atoms with Gasteiger partial charge in [-0.2, -0.15) is 0 Å². The zero-order valence-electron chi connectivity index (χ0n) is 10.2. The van der Waals surface area contributed by atoms with E-state index in [0.29, 0.717) is 12.1 Å². The van der Waals surface area contributed by atoms with Crippen LogP contribution in [-0.2, 0) is 23.0 Å². The van der Waals surface area contributed by atoms with Crippen molar-refractivity contribution in [2.75, 3.05) is 6.54 Å². The highest BCUT2D eigenvalue weighted by Gasteiger charge is 2.17. The van der Waals surface area contributed by atoms with E-state index >= 15 is 0 Å². The molecule has 0 saturated carbocycles. The first-order valence-corrected chi connectivity index (χ1v) is 7.22. The Morgan fingerprint density at radius 2 is 2.26 bits per heavy atom. The molecule has 8 heteroatoms. The van der Waals surface area contributed by atoms with Crippen molar-refractivity contribution in [1.29, 1.82) is 0 Å². The Balaban J connectivity index is 2.05. The van der Waals surface area contributed by atoms with Crippen molar-refractivity contribution >= 4 is 10.0 Å². The molecule has 0 fully saturated rings. The minimum absolute atomic E-state index is 0.0810. The highest BCUT2D eigenvalue weighted by molar-refractivity contribution is 7.89. The number of imidazole rings is 1. The third-order valence-corrected chi connectivity index (χ3v) is 4.11. The van der Waals surface area contributed by atoms with Crippen LogP contribution in [0, 0.1) is 0 Å². The molecule has 2 heterocycles. The number of H-pyrrole nitrogens is 1. The molecule has 2 rings (SSSR count). The lowest BCUT2D eigenvalue weighted by molar-refractivity contribution is 0.579. The van der Waals surface area contributed by atoms with Gasteiger partial charge < -0.3 is 10.7 Å². The second kappa shape index (κ2) is 5.91. The lowest BCUT2D eigenvalue weighted by Crippen LogP contribution is -2.27. The predicted molar refractivity (Wildman–Crippen MR) is 69.6 cm³/mol. The van der Waals surface area contributed by atoms with Gasteiger partial charge in [0.2, 0.25) is 10.0 Å². The van der Waals surface area contributed by atoms with E-state index in [4.69, 9.17) is 5.73 Å². The number of nitrogens with zero attached hydrogens (tertiary/aromatic N) is 2. The number of hydrogen-bond donors (Lipinski definition) is 3. The lowest BCUT2D eigenvalue weighted by atomic mass is 10.3. The van der Waals surface area contributed by atoms with Crippen molar-refractivity contribution in [3.8, 4) is 0 Å². The summed E-state index contributed by atoms with van der Waals surface area (Å²) in [5.41, 5.74) is 6.71. The van der Waals surface area contributed by atoms with Gasteiger partial charge in [0.05, 0.1) is 12.0 Å². The van der Waals surface area contributed by atoms with E-state index in [9.17, 15) is 8.42 Å². The van der Waals surface area contributed by atoms with E-state index in [0.717, 1.165) is 5.69 Å². The number of hydrogen-bond acceptors (Lipinski definition) is 5. The number of sulfonamides is 1. The molecule has 19 heavy (non-hydrogen) atoms. The van der Waals surface area contributed by atoms with Gasteiger partial charge in [-0.15, -0.1) is 0 Å². The van der Waals surface area contributed by atoms with E-state index < -0.39 is 10.0 Å². The van der Waals surface area contributed by atoms with E-state index in [1.807, 2.05) is 0 Å². The second-order valence-corrected chi connectivity index (χ2v) is 5.61. The summed E-state index contributed by atoms with van der Waals surface area (Å²) in [7, 11) is -3.58. The maximum absolute atomic E-state index is 12.1. The van der Waals surface area contributed by atoms with Crippen LogP contribution < -0.4 is 10.5 Å². The van der Waals surface area contributed by atoms with Crippen LogP contribution in [0.2, 0.25) is 0 Å². The third-order valence-electron chi connectivity index (χ3n) is 2.57. The molecule has 0 aliphatic heterocycles. The molecule has 0 aliphatic rings. The summed E-state index contributed by atoms with van der Waals surface area (Å²) in [6.07, 6.45) is 5.27. The fraction of sp³-hybridized carbons (Fsp3) is 0.273. The largest absolute Gasteiger partial charge is 0.348 e. The van der Waals surface area contributed by atoms with Gasteiger partial charge in [0.1, 0.15) is 4.90 Å². The minimum atomic E-state index is -3.58. The lowest BCUT2D eigenvalue weighted by Gasteiger charge is -2.09. The monoisotopic (exact) mass is 281 g/mol. The normalized spacial score (nSPS) is 11.6. The molecule has 4 N–H and O–H groups in total. The summed E-state index contributed by atoms with van der Waals surface area (Å²) < 4.78 is 26.7. The van der Waals surface area contributed by atoms with Gasteiger partial charge in [-0.1, -0.05) is 0 Å². The maximum atomic E-state index is 12.1. The van der Waals surface area contributed by atoms with Crippen molar-refractivity contribution in [2.45, 2.75) is 17.9 Å². The molecule has 0 atom stereocenters. The first-order chi connectivity index (χ1) is 9.13. The number of pyridine rings is 1. The van der Waals surface area contributed by atoms with Crippen molar-refractivity contribution in [3.63, 3.8) is 0 Å². The molecule has 2 aromatic heterocycles. The van der Waals surface area contributed by atoms with E-state index in [2.05, 4.69) is 19.7 Å². The SMILES string of the molecule is NCc1ncccc1S(=O)(=O)NCCc1cnc[nH]1. The first-order valence-electron chi connectivity index (χ1n) is 5.74. The molecular weight excluding hydrogens is 266 g/mol. The number of aromatic amines is 1. The Morgan fingerprint density at radius 3 is 2.95 bits per heavy atom. The summed E-state index contributed by atoms with van der Waals surface area (Å²) in [5, 5.41) is 0. The third kappa shape index (κ3) is 3.37. The fourth-order valence-electron chi connectivity index (χ4n) is 1.64. The number of aromatic nitrogens is 3. The van der Waals surface area contributed by atoms with E-state index in [-0.39, 0.29) is 18.0 Å². The minimum Gasteiger partial charge on any atom is -0.348 e. The van der Waals surface area contributed by atoms with Crippen LogP contribution >= 0.6 is 0 Å². The Labute approximate surface area is 111 Å². The van der Waals surface area contributed by atoms with Gasteiger partial charge in [-0.05, 0) is 12.1 Å². The van der Waals surface area contributed by atoms with Crippen molar-refractivity contribution in [2.24, 2.45) is 5.73 Å². The van der Waals surface area contributed by atoms with Crippen LogP contribution in [0.15, 0.2) is 35.7 Å². The zero-order chi connectivity index (χ0) is 13.7. The summed E-state index contributed by atoms with van der Waals surface area (Å²) >= 11 is 0. The van der Waals surface area contributed by atoms with Gasteiger partial charge in [-0.3, -0.25) is 4.98 Å². The van der Waals surface area contributed by atoms with Crippen LogP contribution in [0.5, 0.6) is 0 Å². The molecule has 0 spiro atoms. The van der Waals surface area contributed by atoms with Gasteiger partial charge in [-0.25, -0.2) is 18.1 Å². The van der Waals surface area contributed by atoms with E-state index in [1.165, 1.54) is 12.3 Å². The standard InChI is InChI=1S/C11H15N5O2S/c12-6-10-11(2-1-4-14-10)19(17,18)16-5-3-9-7-13-8-15-9/h1-2,4,7-8,16H,3,5-6,12H2,(H,13,15). The predicted octanol–water partition coefficient (Wildman–Crippen LogP) is -0.216. The molecule has 0 unspecified atom stereocenters. The Hall–Kier alpha value is -1.77.